The molecule has 0 saturated heterocycles. The van der Waals surface area contributed by atoms with E-state index in [0.29, 0.717) is 24.1 Å². The van der Waals surface area contributed by atoms with E-state index in [1.54, 1.807) is 0 Å². The zero-order valence-corrected chi connectivity index (χ0v) is 13.1. The molecule has 134 valence electrons. The van der Waals surface area contributed by atoms with Gasteiger partial charge >= 0.3 is 0 Å². The minimum absolute atomic E-state index is 0.153. The number of ether oxygens (including phenoxy) is 3. The summed E-state index contributed by atoms with van der Waals surface area (Å²) in [7, 11) is -9.05. The van der Waals surface area contributed by atoms with Crippen molar-refractivity contribution < 1.29 is 36.8 Å². The molecule has 0 unspecified atom stereocenters. The highest BCUT2D eigenvalue weighted by Crippen LogP contribution is 2.40. The number of fused-ring (bicyclic) bond motifs is 1. The van der Waals surface area contributed by atoms with Crippen LogP contribution >= 0.6 is 0 Å². The van der Waals surface area contributed by atoms with E-state index < -0.39 is 44.4 Å². The van der Waals surface area contributed by atoms with E-state index in [-0.39, 0.29) is 17.9 Å². The molecule has 0 bridgehead atoms. The van der Waals surface area contributed by atoms with Crippen molar-refractivity contribution in [3.05, 3.63) is 41.0 Å². The number of phenols is 2. The van der Waals surface area contributed by atoms with Gasteiger partial charge in [-0.1, -0.05) is 0 Å². The maximum atomic E-state index is 9.93. The standard InChI is InChI=1S/C19H23NO5/c1-23-17-7-11(8-18(24-2)19(17)25-3)6-14-13-10-16(22)15(21)9-12(13)4-5-20-14/h7-10,14,20-22H,4-6H2,1-3H3/t14-/m0/s1/i1D3,2D3,3D3. The molecule has 0 aliphatic carbocycles. The van der Waals surface area contributed by atoms with Gasteiger partial charge in [0, 0.05) is 6.04 Å². The first-order valence-electron chi connectivity index (χ1n) is 12.0. The molecule has 3 rings (SSSR count). The van der Waals surface area contributed by atoms with E-state index in [1.165, 1.54) is 24.3 Å². The Morgan fingerprint density at radius 1 is 1.04 bits per heavy atom. The Balaban J connectivity index is 2.09. The molecular weight excluding hydrogens is 322 g/mol. The number of hydrogen-bond donors (Lipinski definition) is 3. The second-order valence-electron chi connectivity index (χ2n) is 5.73. The van der Waals surface area contributed by atoms with Gasteiger partial charge in [-0.05, 0) is 60.3 Å². The molecule has 6 heteroatoms. The van der Waals surface area contributed by atoms with Crippen LogP contribution in [0.25, 0.3) is 0 Å². The van der Waals surface area contributed by atoms with Crippen LogP contribution in [0.4, 0.5) is 0 Å². The number of hydrogen-bond acceptors (Lipinski definition) is 6. The highest BCUT2D eigenvalue weighted by atomic mass is 16.5. The Kier molecular flexibility index (Phi) is 2.61. The fourth-order valence-electron chi connectivity index (χ4n) is 3.09. The second kappa shape index (κ2) is 7.11. The lowest BCUT2D eigenvalue weighted by molar-refractivity contribution is 0.323. The highest BCUT2D eigenvalue weighted by molar-refractivity contribution is 5.54. The summed E-state index contributed by atoms with van der Waals surface area (Å²) in [5, 5.41) is 23.0. The van der Waals surface area contributed by atoms with Gasteiger partial charge in [0.05, 0.1) is 33.5 Å². The minimum atomic E-state index is -3.05. The number of rotatable bonds is 5. The molecule has 0 amide bonds. The number of nitrogens with one attached hydrogen (secondary N) is 1. The third kappa shape index (κ3) is 3.30. The molecule has 1 heterocycles. The maximum absolute atomic E-state index is 9.93. The lowest BCUT2D eigenvalue weighted by atomic mass is 9.89. The van der Waals surface area contributed by atoms with Crippen molar-refractivity contribution in [2.24, 2.45) is 0 Å². The predicted molar refractivity (Wildman–Crippen MR) is 94.0 cm³/mol. The number of methoxy groups -OCH3 is 3. The van der Waals surface area contributed by atoms with Crippen molar-refractivity contribution in [2.45, 2.75) is 18.9 Å². The zero-order valence-electron chi connectivity index (χ0n) is 22.1. The van der Waals surface area contributed by atoms with Gasteiger partial charge in [-0.15, -0.1) is 0 Å². The van der Waals surface area contributed by atoms with Crippen LogP contribution in [0.15, 0.2) is 24.3 Å². The van der Waals surface area contributed by atoms with Gasteiger partial charge in [0.25, 0.3) is 0 Å². The Labute approximate surface area is 159 Å². The molecule has 0 aromatic heterocycles. The first-order valence-corrected chi connectivity index (χ1v) is 7.53. The third-order valence-electron chi connectivity index (χ3n) is 4.24. The molecule has 2 aromatic rings. The SMILES string of the molecule is [2H]C([2H])([2H])Oc1cc(C[C@@H]2NCCc3cc(O)c(O)cc32)cc(OC([2H])([2H])[2H])c1OC([2H])([2H])[2H]. The first-order chi connectivity index (χ1) is 15.5. The fourth-order valence-corrected chi connectivity index (χ4v) is 3.09. The second-order valence-corrected chi connectivity index (χ2v) is 5.73. The van der Waals surface area contributed by atoms with Crippen LogP contribution in [0.2, 0.25) is 0 Å². The van der Waals surface area contributed by atoms with E-state index in [2.05, 4.69) is 5.32 Å². The third-order valence-corrected chi connectivity index (χ3v) is 4.24. The van der Waals surface area contributed by atoms with Crippen molar-refractivity contribution in [3.8, 4) is 28.7 Å². The maximum Gasteiger partial charge on any atom is 0.203 e. The average Bonchev–Trinajstić information content (AvgIpc) is 2.63. The molecule has 25 heavy (non-hydrogen) atoms. The van der Waals surface area contributed by atoms with Crippen LogP contribution in [0.1, 0.15) is 35.1 Å². The summed E-state index contributed by atoms with van der Waals surface area (Å²) >= 11 is 0. The lowest BCUT2D eigenvalue weighted by Gasteiger charge is -2.28. The summed E-state index contributed by atoms with van der Waals surface area (Å²) in [5.41, 5.74) is 1.81. The minimum Gasteiger partial charge on any atom is -0.504 e. The quantitative estimate of drug-likeness (QED) is 0.716. The van der Waals surface area contributed by atoms with Crippen LogP contribution < -0.4 is 19.5 Å². The van der Waals surface area contributed by atoms with Gasteiger partial charge in [-0.25, -0.2) is 0 Å². The molecular formula is C19H23NO5. The Morgan fingerprint density at radius 3 is 2.40 bits per heavy atom. The Bertz CT molecular complexity index is 1010. The fraction of sp³-hybridized carbons (Fsp3) is 0.368. The topological polar surface area (TPSA) is 80.2 Å². The van der Waals surface area contributed by atoms with Crippen LogP contribution in [-0.4, -0.2) is 37.9 Å². The number of benzene rings is 2. The highest BCUT2D eigenvalue weighted by Gasteiger charge is 2.23. The van der Waals surface area contributed by atoms with E-state index in [1.807, 2.05) is 0 Å². The van der Waals surface area contributed by atoms with Crippen LogP contribution in [0, 0.1) is 0 Å². The molecule has 1 atom stereocenters. The Morgan fingerprint density at radius 2 is 1.72 bits per heavy atom. The van der Waals surface area contributed by atoms with Crippen molar-refractivity contribution >= 4 is 0 Å². The summed E-state index contributed by atoms with van der Waals surface area (Å²) < 4.78 is 81.3. The van der Waals surface area contributed by atoms with Crippen LogP contribution in [-0.2, 0) is 12.8 Å². The molecule has 0 radical (unpaired) electrons. The summed E-state index contributed by atoms with van der Waals surface area (Å²) in [6.07, 6.45) is 0.742. The van der Waals surface area contributed by atoms with Crippen molar-refractivity contribution in [1.82, 2.24) is 5.32 Å². The summed E-state index contributed by atoms with van der Waals surface area (Å²) in [4.78, 5) is 0. The van der Waals surface area contributed by atoms with Crippen LogP contribution in [0.3, 0.4) is 0 Å². The van der Waals surface area contributed by atoms with E-state index in [0.717, 1.165) is 5.56 Å². The van der Waals surface area contributed by atoms with Crippen molar-refractivity contribution in [2.75, 3.05) is 27.7 Å². The van der Waals surface area contributed by atoms with Gasteiger partial charge in [-0.3, -0.25) is 0 Å². The molecule has 0 fully saturated rings. The number of aromatic hydroxyl groups is 2. The van der Waals surface area contributed by atoms with Crippen molar-refractivity contribution in [1.29, 1.82) is 0 Å². The molecule has 3 N–H and O–H groups in total. The smallest absolute Gasteiger partial charge is 0.203 e. The summed E-state index contributed by atoms with van der Waals surface area (Å²) in [6.45, 7) is 0.541. The average molecular weight is 354 g/mol. The van der Waals surface area contributed by atoms with E-state index in [4.69, 9.17) is 26.5 Å². The predicted octanol–water partition coefficient (Wildman–Crippen LogP) is 2.55. The van der Waals surface area contributed by atoms with E-state index >= 15 is 0 Å². The summed E-state index contributed by atoms with van der Waals surface area (Å²) in [5.74, 6) is -2.32. The lowest BCUT2D eigenvalue weighted by Crippen LogP contribution is -2.31. The molecule has 2 aromatic carbocycles. The van der Waals surface area contributed by atoms with Gasteiger partial charge in [0.1, 0.15) is 0 Å². The monoisotopic (exact) mass is 354 g/mol. The normalized spacial score (nSPS) is 23.0. The molecule has 0 saturated carbocycles. The van der Waals surface area contributed by atoms with Gasteiger partial charge in [-0.2, -0.15) is 0 Å². The summed E-state index contributed by atoms with van der Waals surface area (Å²) in [6, 6.07) is 4.92. The Hall–Kier alpha value is -2.60. The molecule has 1 aliphatic rings. The van der Waals surface area contributed by atoms with Crippen molar-refractivity contribution in [3.63, 3.8) is 0 Å². The van der Waals surface area contributed by atoms with Gasteiger partial charge in [0.15, 0.2) is 23.0 Å². The van der Waals surface area contributed by atoms with Gasteiger partial charge in [0.2, 0.25) is 5.75 Å². The molecule has 6 nitrogen and oxygen atoms in total. The van der Waals surface area contributed by atoms with Crippen LogP contribution in [0.5, 0.6) is 28.7 Å². The van der Waals surface area contributed by atoms with Gasteiger partial charge < -0.3 is 29.7 Å². The molecule has 0 spiro atoms. The number of phenolic OH excluding ortho intramolecular Hbond substituents is 2. The van der Waals surface area contributed by atoms with E-state index in [9.17, 15) is 10.2 Å². The largest absolute Gasteiger partial charge is 0.504 e. The molecule has 1 aliphatic heterocycles. The zero-order chi connectivity index (χ0) is 25.5. The first kappa shape index (κ1) is 9.20.